The van der Waals surface area contributed by atoms with Gasteiger partial charge in [-0.2, -0.15) is 0 Å². The molecule has 0 bridgehead atoms. The summed E-state index contributed by atoms with van der Waals surface area (Å²) in [5.74, 6) is 1.79. The second-order valence-electron chi connectivity index (χ2n) is 13.7. The molecule has 1 spiro atoms. The van der Waals surface area contributed by atoms with Crippen molar-refractivity contribution in [2.75, 3.05) is 0 Å². The van der Waals surface area contributed by atoms with Crippen LogP contribution in [0.3, 0.4) is 0 Å². The van der Waals surface area contributed by atoms with E-state index in [4.69, 9.17) is 9.15 Å². The van der Waals surface area contributed by atoms with Crippen molar-refractivity contribution < 1.29 is 9.15 Å². The number of rotatable bonds is 4. The second-order valence-corrected chi connectivity index (χ2v) is 13.7. The summed E-state index contributed by atoms with van der Waals surface area (Å²) < 4.78 is 15.1. The molecule has 0 amide bonds. The van der Waals surface area contributed by atoms with E-state index in [1.807, 2.05) is 18.2 Å². The van der Waals surface area contributed by atoms with Gasteiger partial charge in [0.05, 0.1) is 16.4 Å². The first kappa shape index (κ1) is 28.9. The number of nitrogens with zero attached hydrogens (tertiary/aromatic N) is 1. The van der Waals surface area contributed by atoms with Crippen molar-refractivity contribution in [3.8, 4) is 22.6 Å². The van der Waals surface area contributed by atoms with Crippen LogP contribution in [0, 0.1) is 0 Å². The highest BCUT2D eigenvalue weighted by Gasteiger charge is 2.51. The number of hydrogen-bond donors (Lipinski definition) is 0. The molecule has 244 valence electrons. The average Bonchev–Trinajstić information content (AvgIpc) is 3.82. The van der Waals surface area contributed by atoms with Gasteiger partial charge >= 0.3 is 0 Å². The van der Waals surface area contributed by atoms with Gasteiger partial charge in [0.25, 0.3) is 0 Å². The highest BCUT2D eigenvalue weighted by atomic mass is 16.5. The predicted octanol–water partition coefficient (Wildman–Crippen LogP) is 12.9. The van der Waals surface area contributed by atoms with Crippen LogP contribution in [-0.2, 0) is 5.41 Å². The summed E-state index contributed by atoms with van der Waals surface area (Å²) in [7, 11) is 0. The molecule has 2 aliphatic rings. The van der Waals surface area contributed by atoms with Gasteiger partial charge in [0.2, 0.25) is 0 Å². The summed E-state index contributed by atoms with van der Waals surface area (Å²) >= 11 is 0. The Morgan fingerprint density at radius 1 is 0.538 bits per heavy atom. The van der Waals surface area contributed by atoms with Gasteiger partial charge in [-0.05, 0) is 88.0 Å². The maximum Gasteiger partial charge on any atom is 0.135 e. The molecule has 0 N–H and O–H groups in total. The normalized spacial score (nSPS) is 14.2. The summed E-state index contributed by atoms with van der Waals surface area (Å²) in [6.45, 7) is 4.07. The molecule has 2 aromatic heterocycles. The standard InChI is InChI=1S/C49H31NO2/c1-2-13-31(32-24-25-46-38(28-32)35-16-5-10-21-45(35)51-46)26-27-50-43-20-9-4-15-34(43)37-29-36-33-14-3-6-17-39(33)49(42(36)30-44(37)50)40-18-7-11-22-47(40)52-48-23-12-8-19-41(48)49/h2-30H,1H2/b27-26-,31-13+. The molecule has 11 rings (SSSR count). The minimum Gasteiger partial charge on any atom is -0.457 e. The van der Waals surface area contributed by atoms with Crippen molar-refractivity contribution in [3.05, 3.63) is 204 Å². The Morgan fingerprint density at radius 3 is 2.02 bits per heavy atom. The molecular weight excluding hydrogens is 635 g/mol. The van der Waals surface area contributed by atoms with E-state index in [1.54, 1.807) is 0 Å². The van der Waals surface area contributed by atoms with Crippen molar-refractivity contribution in [3.63, 3.8) is 0 Å². The summed E-state index contributed by atoms with van der Waals surface area (Å²) in [5, 5.41) is 4.66. The third-order valence-corrected chi connectivity index (χ3v) is 11.1. The van der Waals surface area contributed by atoms with E-state index in [-0.39, 0.29) is 0 Å². The molecule has 0 fully saturated rings. The number of para-hydroxylation sites is 4. The Bertz CT molecular complexity index is 2980. The van der Waals surface area contributed by atoms with Gasteiger partial charge in [-0.3, -0.25) is 0 Å². The minimum atomic E-state index is -0.534. The van der Waals surface area contributed by atoms with E-state index in [0.717, 1.165) is 66.7 Å². The van der Waals surface area contributed by atoms with Gasteiger partial charge in [-0.15, -0.1) is 0 Å². The van der Waals surface area contributed by atoms with Crippen molar-refractivity contribution in [2.45, 2.75) is 5.41 Å². The van der Waals surface area contributed by atoms with Gasteiger partial charge in [-0.25, -0.2) is 0 Å². The molecule has 1 aliphatic carbocycles. The lowest BCUT2D eigenvalue weighted by atomic mass is 9.66. The molecule has 0 unspecified atom stereocenters. The lowest BCUT2D eigenvalue weighted by molar-refractivity contribution is 0.436. The molecule has 0 saturated heterocycles. The highest BCUT2D eigenvalue weighted by Crippen LogP contribution is 2.62. The monoisotopic (exact) mass is 665 g/mol. The quantitative estimate of drug-likeness (QED) is 0.175. The number of fused-ring (bicyclic) bond motifs is 15. The Balaban J connectivity index is 1.16. The molecule has 52 heavy (non-hydrogen) atoms. The van der Waals surface area contributed by atoms with E-state index in [2.05, 4.69) is 169 Å². The fourth-order valence-electron chi connectivity index (χ4n) is 8.94. The molecule has 9 aromatic rings. The summed E-state index contributed by atoms with van der Waals surface area (Å²) in [4.78, 5) is 0. The maximum absolute atomic E-state index is 6.59. The third-order valence-electron chi connectivity index (χ3n) is 11.1. The largest absolute Gasteiger partial charge is 0.457 e. The average molecular weight is 666 g/mol. The van der Waals surface area contributed by atoms with Crippen LogP contribution in [-0.4, -0.2) is 4.57 Å². The van der Waals surface area contributed by atoms with E-state index < -0.39 is 5.41 Å². The molecule has 0 atom stereocenters. The lowest BCUT2D eigenvalue weighted by Gasteiger charge is -2.39. The zero-order valence-corrected chi connectivity index (χ0v) is 28.2. The summed E-state index contributed by atoms with van der Waals surface area (Å²) in [6.07, 6.45) is 8.35. The Hall–Kier alpha value is -6.84. The Kier molecular flexibility index (Phi) is 6.03. The van der Waals surface area contributed by atoms with E-state index in [1.165, 1.54) is 33.0 Å². The number of furan rings is 1. The lowest BCUT2D eigenvalue weighted by Crippen LogP contribution is -2.32. The molecule has 3 heterocycles. The molecule has 3 heteroatoms. The number of allylic oxidation sites excluding steroid dienone is 4. The van der Waals surface area contributed by atoms with Crippen LogP contribution in [0.25, 0.3) is 66.6 Å². The molecular formula is C49H31NO2. The van der Waals surface area contributed by atoms with Crippen molar-refractivity contribution >= 4 is 55.5 Å². The van der Waals surface area contributed by atoms with Crippen molar-refractivity contribution in [2.24, 2.45) is 0 Å². The van der Waals surface area contributed by atoms with Gasteiger partial charge in [0.1, 0.15) is 22.7 Å². The highest BCUT2D eigenvalue weighted by molar-refractivity contribution is 6.12. The zero-order chi connectivity index (χ0) is 34.4. The zero-order valence-electron chi connectivity index (χ0n) is 28.2. The van der Waals surface area contributed by atoms with Crippen LogP contribution >= 0.6 is 0 Å². The summed E-state index contributed by atoms with van der Waals surface area (Å²) in [6, 6.07) is 54.2. The fourth-order valence-corrected chi connectivity index (χ4v) is 8.94. The second kappa shape index (κ2) is 10.8. The SMILES string of the molecule is C=C/C=C(\C=C/n1c2ccccc2c2cc3c(cc21)C1(c2ccccc2Oc2ccccc21)c1ccccc1-3)c1ccc2oc3ccccc3c2c1. The topological polar surface area (TPSA) is 27.3 Å². The fraction of sp³-hybridized carbons (Fsp3) is 0.0204. The molecule has 3 nitrogen and oxygen atoms in total. The van der Waals surface area contributed by atoms with Crippen LogP contribution < -0.4 is 4.74 Å². The number of aromatic nitrogens is 1. The van der Waals surface area contributed by atoms with Gasteiger partial charge in [0.15, 0.2) is 0 Å². The van der Waals surface area contributed by atoms with Crippen LogP contribution in [0.2, 0.25) is 0 Å². The van der Waals surface area contributed by atoms with E-state index >= 15 is 0 Å². The first-order chi connectivity index (χ1) is 25.7. The third kappa shape index (κ3) is 3.85. The maximum atomic E-state index is 6.59. The predicted molar refractivity (Wildman–Crippen MR) is 214 cm³/mol. The molecule has 1 aliphatic heterocycles. The van der Waals surface area contributed by atoms with E-state index in [9.17, 15) is 0 Å². The minimum absolute atomic E-state index is 0.534. The molecule has 0 radical (unpaired) electrons. The van der Waals surface area contributed by atoms with E-state index in [0.29, 0.717) is 0 Å². The Morgan fingerprint density at radius 2 is 1.21 bits per heavy atom. The molecule has 0 saturated carbocycles. The smallest absolute Gasteiger partial charge is 0.135 e. The van der Waals surface area contributed by atoms with Gasteiger partial charge in [-0.1, -0.05) is 122 Å². The summed E-state index contributed by atoms with van der Waals surface area (Å²) in [5.41, 5.74) is 13.1. The molecule has 7 aromatic carbocycles. The van der Waals surface area contributed by atoms with Crippen LogP contribution in [0.4, 0.5) is 0 Å². The van der Waals surface area contributed by atoms with Gasteiger partial charge < -0.3 is 13.7 Å². The van der Waals surface area contributed by atoms with Crippen LogP contribution in [0.1, 0.15) is 27.8 Å². The van der Waals surface area contributed by atoms with Gasteiger partial charge in [0, 0.05) is 38.9 Å². The Labute approximate surface area is 300 Å². The van der Waals surface area contributed by atoms with Crippen molar-refractivity contribution in [1.29, 1.82) is 0 Å². The first-order valence-corrected chi connectivity index (χ1v) is 17.7. The van der Waals surface area contributed by atoms with Crippen LogP contribution in [0.15, 0.2) is 181 Å². The first-order valence-electron chi connectivity index (χ1n) is 17.7. The number of benzene rings is 7. The van der Waals surface area contributed by atoms with Crippen molar-refractivity contribution in [1.82, 2.24) is 4.57 Å². The number of hydrogen-bond acceptors (Lipinski definition) is 2. The van der Waals surface area contributed by atoms with Crippen LogP contribution in [0.5, 0.6) is 11.5 Å². The number of ether oxygens (including phenoxy) is 1.